The highest BCUT2D eigenvalue weighted by Crippen LogP contribution is 2.25. The van der Waals surface area contributed by atoms with E-state index in [4.69, 9.17) is 10.2 Å². The number of carbonyl (C=O) groups is 1. The zero-order chi connectivity index (χ0) is 21.1. The van der Waals surface area contributed by atoms with Crippen molar-refractivity contribution in [2.45, 2.75) is 31.5 Å². The van der Waals surface area contributed by atoms with E-state index in [1.807, 2.05) is 56.4 Å². The topological polar surface area (TPSA) is 110 Å². The van der Waals surface area contributed by atoms with Gasteiger partial charge in [0.2, 0.25) is 11.8 Å². The average molecular weight is 422 g/mol. The molecule has 0 fully saturated rings. The number of aromatic nitrogens is 3. The third kappa shape index (κ3) is 4.55. The first-order valence-corrected chi connectivity index (χ1v) is 10.6. The lowest BCUT2D eigenvalue weighted by Gasteiger charge is -2.08. The van der Waals surface area contributed by atoms with E-state index >= 15 is 0 Å². The van der Waals surface area contributed by atoms with Crippen LogP contribution >= 0.6 is 11.8 Å². The van der Waals surface area contributed by atoms with Crippen molar-refractivity contribution in [1.29, 1.82) is 0 Å². The number of amides is 1. The Morgan fingerprint density at radius 3 is 2.90 bits per heavy atom. The number of hydrogen-bond acceptors (Lipinski definition) is 6. The van der Waals surface area contributed by atoms with Crippen molar-refractivity contribution in [2.75, 3.05) is 11.1 Å². The molecule has 8 heteroatoms. The number of nitrogens with zero attached hydrogens (tertiary/aromatic N) is 2. The van der Waals surface area contributed by atoms with Gasteiger partial charge in [-0.3, -0.25) is 4.79 Å². The summed E-state index contributed by atoms with van der Waals surface area (Å²) in [6.45, 7) is 3.99. The van der Waals surface area contributed by atoms with E-state index in [1.165, 1.54) is 11.8 Å². The summed E-state index contributed by atoms with van der Waals surface area (Å²) in [6.07, 6.45) is 2.53. The van der Waals surface area contributed by atoms with Crippen LogP contribution in [0.2, 0.25) is 0 Å². The van der Waals surface area contributed by atoms with Gasteiger partial charge in [-0.25, -0.2) is 0 Å². The Balaban J connectivity index is 1.34. The van der Waals surface area contributed by atoms with Crippen LogP contribution in [0.3, 0.4) is 0 Å². The summed E-state index contributed by atoms with van der Waals surface area (Å²) in [6, 6.07) is 13.5. The summed E-state index contributed by atoms with van der Waals surface area (Å²) in [5.74, 6) is 0.402. The number of H-pyrrole nitrogens is 1. The number of aryl methyl sites for hydroxylation is 2. The van der Waals surface area contributed by atoms with E-state index in [1.54, 1.807) is 0 Å². The molecule has 0 saturated carbocycles. The number of nitrogens with two attached hydrogens (primary N) is 1. The molecule has 0 spiro atoms. The second-order valence-electron chi connectivity index (χ2n) is 7.23. The number of para-hydroxylation sites is 1. The number of thioether (sulfide) groups is 1. The molecule has 4 aromatic rings. The van der Waals surface area contributed by atoms with Gasteiger partial charge in [-0.05, 0) is 43.5 Å². The first kappa shape index (κ1) is 20.2. The Hall–Kier alpha value is -3.10. The summed E-state index contributed by atoms with van der Waals surface area (Å²) in [5, 5.41) is 12.4. The van der Waals surface area contributed by atoms with Crippen LogP contribution in [0, 0.1) is 13.8 Å². The minimum atomic E-state index is -0.421. The van der Waals surface area contributed by atoms with Crippen LogP contribution in [-0.2, 0) is 11.2 Å². The third-order valence-corrected chi connectivity index (χ3v) is 5.66. The minimum absolute atomic E-state index is 0.130. The molecule has 0 unspecified atom stereocenters. The van der Waals surface area contributed by atoms with Crippen LogP contribution in [0.1, 0.15) is 28.6 Å². The van der Waals surface area contributed by atoms with Crippen molar-refractivity contribution in [3.8, 4) is 0 Å². The predicted molar refractivity (Wildman–Crippen MR) is 118 cm³/mol. The van der Waals surface area contributed by atoms with Crippen molar-refractivity contribution < 1.29 is 9.21 Å². The molecule has 2 heterocycles. The van der Waals surface area contributed by atoms with E-state index in [9.17, 15) is 4.79 Å². The SMILES string of the molecule is Cc1ccc(NC(=O)CSc2nnc([C@H](N)Cc3c[nH]c4ccccc34)o2)c(C)c1. The summed E-state index contributed by atoms with van der Waals surface area (Å²) in [5.41, 5.74) is 11.4. The maximum Gasteiger partial charge on any atom is 0.277 e. The van der Waals surface area contributed by atoms with Crippen molar-refractivity contribution in [3.63, 3.8) is 0 Å². The average Bonchev–Trinajstić information content (AvgIpc) is 3.36. The van der Waals surface area contributed by atoms with Gasteiger partial charge in [-0.2, -0.15) is 0 Å². The van der Waals surface area contributed by atoms with E-state index in [0.29, 0.717) is 17.5 Å². The standard InChI is InChI=1S/C22H23N5O2S/c1-13-7-8-18(14(2)9-13)25-20(28)12-30-22-27-26-21(29-22)17(23)10-15-11-24-19-6-4-3-5-16(15)19/h3-9,11,17,24H,10,12,23H2,1-2H3,(H,25,28)/t17-/m1/s1. The summed E-state index contributed by atoms with van der Waals surface area (Å²) in [4.78, 5) is 15.5. The molecule has 0 aliphatic carbocycles. The van der Waals surface area contributed by atoms with Gasteiger partial charge in [0.15, 0.2) is 0 Å². The molecule has 0 aliphatic heterocycles. The van der Waals surface area contributed by atoms with Gasteiger partial charge >= 0.3 is 0 Å². The smallest absolute Gasteiger partial charge is 0.277 e. The maximum atomic E-state index is 12.2. The monoisotopic (exact) mass is 421 g/mol. The molecular weight excluding hydrogens is 398 g/mol. The molecule has 4 rings (SSSR count). The lowest BCUT2D eigenvalue weighted by Crippen LogP contribution is -2.14. The number of fused-ring (bicyclic) bond motifs is 1. The summed E-state index contributed by atoms with van der Waals surface area (Å²) >= 11 is 1.19. The predicted octanol–water partition coefficient (Wildman–Crippen LogP) is 4.14. The van der Waals surface area contributed by atoms with Crippen LogP contribution in [-0.4, -0.2) is 26.8 Å². The fourth-order valence-corrected chi connectivity index (χ4v) is 3.89. The molecule has 2 aromatic carbocycles. The van der Waals surface area contributed by atoms with E-state index in [0.717, 1.165) is 33.3 Å². The molecule has 0 radical (unpaired) electrons. The molecule has 2 aromatic heterocycles. The third-order valence-electron chi connectivity index (χ3n) is 4.84. The van der Waals surface area contributed by atoms with Gasteiger partial charge in [0.25, 0.3) is 5.22 Å². The molecule has 0 saturated heterocycles. The van der Waals surface area contributed by atoms with Crippen LogP contribution in [0.25, 0.3) is 10.9 Å². The molecule has 30 heavy (non-hydrogen) atoms. The molecule has 0 bridgehead atoms. The van der Waals surface area contributed by atoms with Gasteiger partial charge in [0.1, 0.15) is 0 Å². The zero-order valence-corrected chi connectivity index (χ0v) is 17.6. The second kappa shape index (κ2) is 8.73. The fraction of sp³-hybridized carbons (Fsp3) is 0.227. The second-order valence-corrected chi connectivity index (χ2v) is 8.16. The molecule has 1 atom stereocenters. The summed E-state index contributed by atoms with van der Waals surface area (Å²) < 4.78 is 5.67. The Kier molecular flexibility index (Phi) is 5.87. The highest BCUT2D eigenvalue weighted by molar-refractivity contribution is 7.99. The number of rotatable bonds is 7. The molecule has 154 valence electrons. The molecular formula is C22H23N5O2S. The van der Waals surface area contributed by atoms with Crippen LogP contribution in [0.15, 0.2) is 58.3 Å². The quantitative estimate of drug-likeness (QED) is 0.387. The van der Waals surface area contributed by atoms with Crippen molar-refractivity contribution in [3.05, 3.63) is 71.2 Å². The fourth-order valence-electron chi connectivity index (χ4n) is 3.32. The van der Waals surface area contributed by atoms with E-state index in [-0.39, 0.29) is 11.7 Å². The van der Waals surface area contributed by atoms with E-state index in [2.05, 4.69) is 26.6 Å². The van der Waals surface area contributed by atoms with Gasteiger partial charge in [-0.15, -0.1) is 10.2 Å². The van der Waals surface area contributed by atoms with Crippen molar-refractivity contribution in [2.24, 2.45) is 5.73 Å². The van der Waals surface area contributed by atoms with Gasteiger partial charge < -0.3 is 20.5 Å². The van der Waals surface area contributed by atoms with Crippen LogP contribution in [0.4, 0.5) is 5.69 Å². The highest BCUT2D eigenvalue weighted by Gasteiger charge is 2.18. The zero-order valence-electron chi connectivity index (χ0n) is 16.8. The Labute approximate surface area is 178 Å². The van der Waals surface area contributed by atoms with Gasteiger partial charge in [-0.1, -0.05) is 47.7 Å². The van der Waals surface area contributed by atoms with Gasteiger partial charge in [0.05, 0.1) is 11.8 Å². The van der Waals surface area contributed by atoms with Crippen molar-refractivity contribution in [1.82, 2.24) is 15.2 Å². The summed E-state index contributed by atoms with van der Waals surface area (Å²) in [7, 11) is 0. The molecule has 4 N–H and O–H groups in total. The maximum absolute atomic E-state index is 12.2. The lowest BCUT2D eigenvalue weighted by molar-refractivity contribution is -0.113. The number of anilines is 1. The number of carbonyl (C=O) groups excluding carboxylic acids is 1. The normalized spacial score (nSPS) is 12.2. The highest BCUT2D eigenvalue weighted by atomic mass is 32.2. The largest absolute Gasteiger partial charge is 0.414 e. The number of aromatic amines is 1. The Morgan fingerprint density at radius 1 is 1.23 bits per heavy atom. The lowest BCUT2D eigenvalue weighted by atomic mass is 10.1. The Bertz CT molecular complexity index is 1180. The minimum Gasteiger partial charge on any atom is -0.414 e. The molecule has 1 amide bonds. The van der Waals surface area contributed by atoms with Crippen molar-refractivity contribution >= 4 is 34.3 Å². The van der Waals surface area contributed by atoms with Gasteiger partial charge in [0, 0.05) is 22.8 Å². The Morgan fingerprint density at radius 2 is 2.07 bits per heavy atom. The number of hydrogen-bond donors (Lipinski definition) is 3. The molecule has 0 aliphatic rings. The number of benzene rings is 2. The first-order valence-electron chi connectivity index (χ1n) is 9.63. The molecule has 7 nitrogen and oxygen atoms in total. The number of nitrogens with one attached hydrogen (secondary N) is 2. The van der Waals surface area contributed by atoms with Crippen LogP contribution in [0.5, 0.6) is 0 Å². The van der Waals surface area contributed by atoms with E-state index < -0.39 is 6.04 Å². The van der Waals surface area contributed by atoms with Crippen LogP contribution < -0.4 is 11.1 Å². The first-order chi connectivity index (χ1) is 14.5.